The molecule has 1 saturated heterocycles. The SMILES string of the molecule is CC1CNCCC1(O)C1=CCCCCCC1. The van der Waals surface area contributed by atoms with E-state index in [1.165, 1.54) is 31.3 Å². The third-order valence-electron chi connectivity index (χ3n) is 4.30. The Bertz CT molecular complexity index is 261. The zero-order valence-corrected chi connectivity index (χ0v) is 10.5. The lowest BCUT2D eigenvalue weighted by molar-refractivity contribution is -0.00300. The van der Waals surface area contributed by atoms with Crippen LogP contribution in [0.4, 0.5) is 0 Å². The van der Waals surface area contributed by atoms with Crippen LogP contribution in [0.15, 0.2) is 11.6 Å². The Hall–Kier alpha value is -0.340. The van der Waals surface area contributed by atoms with Gasteiger partial charge in [-0.25, -0.2) is 0 Å². The van der Waals surface area contributed by atoms with Crippen molar-refractivity contribution in [2.45, 2.75) is 57.5 Å². The molecule has 0 aromatic carbocycles. The van der Waals surface area contributed by atoms with Crippen LogP contribution in [0.3, 0.4) is 0 Å². The van der Waals surface area contributed by atoms with E-state index in [1.807, 2.05) is 0 Å². The lowest BCUT2D eigenvalue weighted by Crippen LogP contribution is -2.50. The van der Waals surface area contributed by atoms with Gasteiger partial charge in [-0.3, -0.25) is 0 Å². The van der Waals surface area contributed by atoms with Crippen molar-refractivity contribution in [3.63, 3.8) is 0 Å². The Kier molecular flexibility index (Phi) is 4.04. The molecule has 1 aliphatic heterocycles. The predicted octanol–water partition coefficient (Wildman–Crippen LogP) is 2.63. The van der Waals surface area contributed by atoms with Crippen LogP contribution in [0.2, 0.25) is 0 Å². The topological polar surface area (TPSA) is 32.3 Å². The highest BCUT2D eigenvalue weighted by atomic mass is 16.3. The van der Waals surface area contributed by atoms with Crippen LogP contribution in [-0.2, 0) is 0 Å². The Labute approximate surface area is 99.1 Å². The first-order valence-electron chi connectivity index (χ1n) is 6.86. The minimum atomic E-state index is -0.511. The van der Waals surface area contributed by atoms with Gasteiger partial charge in [0.25, 0.3) is 0 Å². The summed E-state index contributed by atoms with van der Waals surface area (Å²) in [5, 5.41) is 14.2. The maximum Gasteiger partial charge on any atom is 0.0906 e. The number of hydrogen-bond donors (Lipinski definition) is 2. The van der Waals surface area contributed by atoms with Crippen molar-refractivity contribution >= 4 is 0 Å². The summed E-state index contributed by atoms with van der Waals surface area (Å²) in [6, 6.07) is 0. The molecule has 16 heavy (non-hydrogen) atoms. The van der Waals surface area contributed by atoms with Gasteiger partial charge in [0, 0.05) is 12.5 Å². The molecule has 0 aromatic heterocycles. The van der Waals surface area contributed by atoms with Crippen LogP contribution in [0.25, 0.3) is 0 Å². The van der Waals surface area contributed by atoms with Gasteiger partial charge in [0.15, 0.2) is 0 Å². The molecule has 1 fully saturated rings. The first kappa shape index (κ1) is 12.1. The first-order valence-corrected chi connectivity index (χ1v) is 6.86. The minimum absolute atomic E-state index is 0.354. The third-order valence-corrected chi connectivity index (χ3v) is 4.30. The number of nitrogens with one attached hydrogen (secondary N) is 1. The normalized spacial score (nSPS) is 37.4. The molecule has 2 nitrogen and oxygen atoms in total. The largest absolute Gasteiger partial charge is 0.385 e. The number of piperidine rings is 1. The van der Waals surface area contributed by atoms with E-state index in [4.69, 9.17) is 0 Å². The molecule has 1 aliphatic carbocycles. The molecule has 92 valence electrons. The standard InChI is InChI=1S/C14H25NO/c1-12-11-15-10-9-14(12,16)13-7-5-3-2-4-6-8-13/h7,12,15-16H,2-6,8-11H2,1H3. The zero-order valence-electron chi connectivity index (χ0n) is 10.5. The van der Waals surface area contributed by atoms with Gasteiger partial charge in [-0.05, 0) is 44.2 Å². The molecule has 2 rings (SSSR count). The van der Waals surface area contributed by atoms with Gasteiger partial charge in [0.2, 0.25) is 0 Å². The summed E-state index contributed by atoms with van der Waals surface area (Å²) in [6.07, 6.45) is 10.7. The number of aliphatic hydroxyl groups is 1. The molecule has 0 bridgehead atoms. The van der Waals surface area contributed by atoms with Gasteiger partial charge in [-0.2, -0.15) is 0 Å². The maximum absolute atomic E-state index is 10.9. The molecule has 0 spiro atoms. The van der Waals surface area contributed by atoms with Crippen molar-refractivity contribution < 1.29 is 5.11 Å². The summed E-state index contributed by atoms with van der Waals surface area (Å²) in [5.41, 5.74) is 0.823. The molecule has 2 aliphatic rings. The zero-order chi connectivity index (χ0) is 11.4. The molecule has 0 saturated carbocycles. The van der Waals surface area contributed by atoms with Crippen LogP contribution < -0.4 is 5.32 Å². The number of allylic oxidation sites excluding steroid dienone is 1. The van der Waals surface area contributed by atoms with E-state index in [-0.39, 0.29) is 0 Å². The predicted molar refractivity (Wildman–Crippen MR) is 67.4 cm³/mol. The van der Waals surface area contributed by atoms with Crippen LogP contribution in [-0.4, -0.2) is 23.8 Å². The summed E-state index contributed by atoms with van der Waals surface area (Å²) in [5.74, 6) is 0.354. The average molecular weight is 223 g/mol. The quantitative estimate of drug-likeness (QED) is 0.670. The molecular weight excluding hydrogens is 198 g/mol. The molecule has 2 heteroatoms. The third kappa shape index (κ3) is 2.49. The molecular formula is C14H25NO. The first-order chi connectivity index (χ1) is 7.73. The van der Waals surface area contributed by atoms with Crippen LogP contribution >= 0.6 is 0 Å². The van der Waals surface area contributed by atoms with E-state index in [9.17, 15) is 5.11 Å². The van der Waals surface area contributed by atoms with E-state index >= 15 is 0 Å². The summed E-state index contributed by atoms with van der Waals surface area (Å²) in [7, 11) is 0. The van der Waals surface area contributed by atoms with Crippen LogP contribution in [0.1, 0.15) is 51.9 Å². The molecule has 2 atom stereocenters. The highest BCUT2D eigenvalue weighted by Crippen LogP contribution is 2.35. The molecule has 2 unspecified atom stereocenters. The molecule has 2 N–H and O–H groups in total. The maximum atomic E-state index is 10.9. The van der Waals surface area contributed by atoms with Gasteiger partial charge in [-0.15, -0.1) is 0 Å². The Morgan fingerprint density at radius 3 is 2.94 bits per heavy atom. The van der Waals surface area contributed by atoms with Crippen molar-refractivity contribution in [3.8, 4) is 0 Å². The highest BCUT2D eigenvalue weighted by Gasteiger charge is 2.38. The van der Waals surface area contributed by atoms with Gasteiger partial charge in [0.1, 0.15) is 0 Å². The van der Waals surface area contributed by atoms with E-state index in [0.717, 1.165) is 32.4 Å². The summed E-state index contributed by atoms with van der Waals surface area (Å²) >= 11 is 0. The lowest BCUT2D eigenvalue weighted by atomic mass is 9.74. The van der Waals surface area contributed by atoms with Crippen LogP contribution in [0, 0.1) is 5.92 Å². The van der Waals surface area contributed by atoms with Gasteiger partial charge >= 0.3 is 0 Å². The highest BCUT2D eigenvalue weighted by molar-refractivity contribution is 5.20. The van der Waals surface area contributed by atoms with Gasteiger partial charge < -0.3 is 10.4 Å². The van der Waals surface area contributed by atoms with Gasteiger partial charge in [-0.1, -0.05) is 25.8 Å². The van der Waals surface area contributed by atoms with Crippen LogP contribution in [0.5, 0.6) is 0 Å². The number of rotatable bonds is 1. The second-order valence-corrected chi connectivity index (χ2v) is 5.46. The number of hydrogen-bond acceptors (Lipinski definition) is 2. The fourth-order valence-electron chi connectivity index (χ4n) is 3.07. The van der Waals surface area contributed by atoms with Crippen molar-refractivity contribution in [2.24, 2.45) is 5.92 Å². The van der Waals surface area contributed by atoms with E-state index < -0.39 is 5.60 Å². The monoisotopic (exact) mass is 223 g/mol. The molecule has 0 radical (unpaired) electrons. The Morgan fingerprint density at radius 2 is 2.12 bits per heavy atom. The summed E-state index contributed by atoms with van der Waals surface area (Å²) in [6.45, 7) is 4.08. The average Bonchev–Trinajstić information content (AvgIpc) is 2.22. The van der Waals surface area contributed by atoms with Crippen molar-refractivity contribution in [1.82, 2.24) is 5.32 Å². The second-order valence-electron chi connectivity index (χ2n) is 5.46. The van der Waals surface area contributed by atoms with E-state index in [0.29, 0.717) is 5.92 Å². The smallest absolute Gasteiger partial charge is 0.0906 e. The minimum Gasteiger partial charge on any atom is -0.385 e. The van der Waals surface area contributed by atoms with E-state index in [1.54, 1.807) is 0 Å². The molecule has 0 amide bonds. The Balaban J connectivity index is 2.12. The fraction of sp³-hybridized carbons (Fsp3) is 0.857. The lowest BCUT2D eigenvalue weighted by Gasteiger charge is -2.41. The Morgan fingerprint density at radius 1 is 1.31 bits per heavy atom. The summed E-state index contributed by atoms with van der Waals surface area (Å²) in [4.78, 5) is 0. The van der Waals surface area contributed by atoms with Crippen molar-refractivity contribution in [2.75, 3.05) is 13.1 Å². The fourth-order valence-corrected chi connectivity index (χ4v) is 3.07. The van der Waals surface area contributed by atoms with Crippen molar-refractivity contribution in [3.05, 3.63) is 11.6 Å². The molecule has 0 aromatic rings. The second kappa shape index (κ2) is 5.33. The van der Waals surface area contributed by atoms with Gasteiger partial charge in [0.05, 0.1) is 5.60 Å². The summed E-state index contributed by atoms with van der Waals surface area (Å²) < 4.78 is 0. The van der Waals surface area contributed by atoms with E-state index in [2.05, 4.69) is 18.3 Å². The van der Waals surface area contributed by atoms with Crippen molar-refractivity contribution in [1.29, 1.82) is 0 Å². The molecule has 1 heterocycles.